The SMILES string of the molecule is CC1CC(O)(N(C)CC(C)(C)C)CCN1CCCc1c[nH]c2ccc(-n3cnnc3)cc12. The number of benzene rings is 1. The molecule has 0 radical (unpaired) electrons. The molecule has 0 bridgehead atoms. The van der Waals surface area contributed by atoms with Crippen molar-refractivity contribution in [3.8, 4) is 5.69 Å². The van der Waals surface area contributed by atoms with E-state index in [9.17, 15) is 5.11 Å². The Labute approximate surface area is 191 Å². The Hall–Kier alpha value is -2.22. The van der Waals surface area contributed by atoms with Gasteiger partial charge in [0.25, 0.3) is 0 Å². The van der Waals surface area contributed by atoms with Crippen molar-refractivity contribution in [3.05, 3.63) is 42.6 Å². The van der Waals surface area contributed by atoms with E-state index in [-0.39, 0.29) is 5.41 Å². The van der Waals surface area contributed by atoms with Crippen LogP contribution >= 0.6 is 0 Å². The molecule has 1 aliphatic heterocycles. The highest BCUT2D eigenvalue weighted by Gasteiger charge is 2.40. The predicted octanol–water partition coefficient (Wildman–Crippen LogP) is 3.83. The Kier molecular flexibility index (Phi) is 6.43. The van der Waals surface area contributed by atoms with Crippen molar-refractivity contribution in [1.29, 1.82) is 0 Å². The monoisotopic (exact) mass is 438 g/mol. The van der Waals surface area contributed by atoms with Gasteiger partial charge in [-0.15, -0.1) is 10.2 Å². The molecule has 3 heterocycles. The van der Waals surface area contributed by atoms with Gasteiger partial charge in [-0.1, -0.05) is 20.8 Å². The van der Waals surface area contributed by atoms with E-state index >= 15 is 0 Å². The summed E-state index contributed by atoms with van der Waals surface area (Å²) in [6.07, 6.45) is 9.33. The molecule has 2 N–H and O–H groups in total. The highest BCUT2D eigenvalue weighted by Crippen LogP contribution is 2.32. The zero-order valence-corrected chi connectivity index (χ0v) is 20.2. The summed E-state index contributed by atoms with van der Waals surface area (Å²) in [6.45, 7) is 11.8. The average Bonchev–Trinajstić information content (AvgIpc) is 3.38. The van der Waals surface area contributed by atoms with E-state index in [2.05, 4.69) is 84.1 Å². The van der Waals surface area contributed by atoms with Gasteiger partial charge in [-0.3, -0.25) is 9.47 Å². The van der Waals surface area contributed by atoms with Crippen molar-refractivity contribution in [2.45, 2.75) is 65.1 Å². The molecule has 4 rings (SSSR count). The molecule has 1 fully saturated rings. The number of piperidine rings is 1. The lowest BCUT2D eigenvalue weighted by molar-refractivity contribution is -0.151. The first-order valence-electron chi connectivity index (χ1n) is 11.8. The van der Waals surface area contributed by atoms with Crippen molar-refractivity contribution in [3.63, 3.8) is 0 Å². The Morgan fingerprint density at radius 3 is 2.69 bits per heavy atom. The lowest BCUT2D eigenvalue weighted by atomic mass is 9.89. The van der Waals surface area contributed by atoms with Gasteiger partial charge in [-0.2, -0.15) is 0 Å². The van der Waals surface area contributed by atoms with Crippen LogP contribution in [0.1, 0.15) is 52.5 Å². The number of fused-ring (bicyclic) bond motifs is 1. The molecule has 0 saturated carbocycles. The molecule has 2 atom stereocenters. The van der Waals surface area contributed by atoms with Crippen LogP contribution in [0, 0.1) is 5.41 Å². The summed E-state index contributed by atoms with van der Waals surface area (Å²) in [5, 5.41) is 20.4. The summed E-state index contributed by atoms with van der Waals surface area (Å²) in [5.41, 5.74) is 3.07. The van der Waals surface area contributed by atoms with E-state index in [1.807, 2.05) is 4.57 Å². The largest absolute Gasteiger partial charge is 0.376 e. The minimum Gasteiger partial charge on any atom is -0.376 e. The minimum atomic E-state index is -0.696. The topological polar surface area (TPSA) is 73.2 Å². The van der Waals surface area contributed by atoms with Gasteiger partial charge in [0, 0.05) is 54.8 Å². The molecule has 174 valence electrons. The van der Waals surface area contributed by atoms with Crippen molar-refractivity contribution < 1.29 is 5.11 Å². The number of aromatic nitrogens is 4. The van der Waals surface area contributed by atoms with E-state index in [0.717, 1.165) is 56.5 Å². The first kappa shape index (κ1) is 23.0. The highest BCUT2D eigenvalue weighted by atomic mass is 16.3. The number of aryl methyl sites for hydroxylation is 1. The molecule has 0 aliphatic carbocycles. The van der Waals surface area contributed by atoms with E-state index in [4.69, 9.17) is 0 Å². The number of hydrogen-bond donors (Lipinski definition) is 2. The van der Waals surface area contributed by atoms with Crippen LogP contribution in [0.15, 0.2) is 37.1 Å². The molecule has 7 heteroatoms. The van der Waals surface area contributed by atoms with Crippen LogP contribution in [0.2, 0.25) is 0 Å². The molecular weight excluding hydrogens is 400 g/mol. The summed E-state index contributed by atoms with van der Waals surface area (Å²) in [6, 6.07) is 6.79. The second-order valence-electron chi connectivity index (χ2n) is 10.8. The molecule has 0 spiro atoms. The lowest BCUT2D eigenvalue weighted by Gasteiger charge is -2.48. The summed E-state index contributed by atoms with van der Waals surface area (Å²) in [5.74, 6) is 0. The van der Waals surface area contributed by atoms with Crippen LogP contribution in [0.3, 0.4) is 0 Å². The molecule has 2 unspecified atom stereocenters. The van der Waals surface area contributed by atoms with Crippen molar-refractivity contribution >= 4 is 10.9 Å². The minimum absolute atomic E-state index is 0.179. The maximum Gasteiger partial charge on any atom is 0.123 e. The van der Waals surface area contributed by atoms with Gasteiger partial charge in [-0.25, -0.2) is 0 Å². The average molecular weight is 439 g/mol. The lowest BCUT2D eigenvalue weighted by Crippen LogP contribution is -2.58. The van der Waals surface area contributed by atoms with Crippen molar-refractivity contribution in [1.82, 2.24) is 29.5 Å². The molecule has 1 aliphatic rings. The van der Waals surface area contributed by atoms with E-state index < -0.39 is 5.72 Å². The number of likely N-dealkylation sites (tertiary alicyclic amines) is 1. The third kappa shape index (κ3) is 5.05. The number of aliphatic hydroxyl groups is 1. The summed E-state index contributed by atoms with van der Waals surface area (Å²) in [7, 11) is 2.07. The molecule has 1 aromatic carbocycles. The first-order valence-corrected chi connectivity index (χ1v) is 11.8. The number of aromatic amines is 1. The molecule has 2 aromatic heterocycles. The van der Waals surface area contributed by atoms with Gasteiger partial charge in [0.05, 0.1) is 0 Å². The smallest absolute Gasteiger partial charge is 0.123 e. The van der Waals surface area contributed by atoms with Crippen LogP contribution < -0.4 is 0 Å². The number of nitrogens with one attached hydrogen (secondary N) is 1. The fourth-order valence-electron chi connectivity index (χ4n) is 5.13. The van der Waals surface area contributed by atoms with Crippen LogP contribution in [0.25, 0.3) is 16.6 Å². The van der Waals surface area contributed by atoms with E-state index in [1.165, 1.54) is 10.9 Å². The van der Waals surface area contributed by atoms with Gasteiger partial charge in [0.1, 0.15) is 18.4 Å². The Balaban J connectivity index is 1.34. The standard InChI is InChI=1S/C25H38N6O/c1-19-14-25(32,29(5)16-24(2,3)4)10-12-30(19)11-6-7-20-15-26-23-9-8-21(13-22(20)23)31-17-27-28-18-31/h8-9,13,15,17-19,26,32H,6-7,10-12,14,16H2,1-5H3. The van der Waals surface area contributed by atoms with Gasteiger partial charge in [0.15, 0.2) is 0 Å². The highest BCUT2D eigenvalue weighted by molar-refractivity contribution is 5.85. The Bertz CT molecular complexity index is 1020. The molecule has 0 amide bonds. The normalized spacial score (nSPS) is 22.8. The third-order valence-corrected chi connectivity index (χ3v) is 6.83. The van der Waals surface area contributed by atoms with Gasteiger partial charge in [0.2, 0.25) is 0 Å². The fourth-order valence-corrected chi connectivity index (χ4v) is 5.13. The number of H-pyrrole nitrogens is 1. The maximum atomic E-state index is 11.3. The molecule has 32 heavy (non-hydrogen) atoms. The van der Waals surface area contributed by atoms with Crippen molar-refractivity contribution in [2.75, 3.05) is 26.7 Å². The van der Waals surface area contributed by atoms with Crippen LogP contribution in [-0.2, 0) is 6.42 Å². The van der Waals surface area contributed by atoms with E-state index in [1.54, 1.807) is 12.7 Å². The molecule has 1 saturated heterocycles. The second-order valence-corrected chi connectivity index (χ2v) is 10.8. The third-order valence-electron chi connectivity index (χ3n) is 6.83. The van der Waals surface area contributed by atoms with Gasteiger partial charge >= 0.3 is 0 Å². The number of nitrogens with zero attached hydrogens (tertiary/aromatic N) is 5. The van der Waals surface area contributed by atoms with Crippen LogP contribution in [0.5, 0.6) is 0 Å². The molecular formula is C25H38N6O. The predicted molar refractivity (Wildman–Crippen MR) is 129 cm³/mol. The zero-order valence-electron chi connectivity index (χ0n) is 20.2. The summed E-state index contributed by atoms with van der Waals surface area (Å²) in [4.78, 5) is 8.11. The molecule has 3 aromatic rings. The van der Waals surface area contributed by atoms with Crippen LogP contribution in [0.4, 0.5) is 0 Å². The Morgan fingerprint density at radius 2 is 2.00 bits per heavy atom. The van der Waals surface area contributed by atoms with E-state index in [0.29, 0.717) is 6.04 Å². The fraction of sp³-hybridized carbons (Fsp3) is 0.600. The van der Waals surface area contributed by atoms with Gasteiger partial charge < -0.3 is 15.0 Å². The Morgan fingerprint density at radius 1 is 1.25 bits per heavy atom. The zero-order chi connectivity index (χ0) is 22.9. The second kappa shape index (κ2) is 8.96. The maximum absolute atomic E-state index is 11.3. The molecule has 7 nitrogen and oxygen atoms in total. The quantitative estimate of drug-likeness (QED) is 0.549. The summed E-state index contributed by atoms with van der Waals surface area (Å²) < 4.78 is 1.93. The number of rotatable bonds is 7. The summed E-state index contributed by atoms with van der Waals surface area (Å²) >= 11 is 0. The number of hydrogen-bond acceptors (Lipinski definition) is 5. The van der Waals surface area contributed by atoms with Gasteiger partial charge in [-0.05, 0) is 62.5 Å². The van der Waals surface area contributed by atoms with Crippen LogP contribution in [-0.4, -0.2) is 73.1 Å². The first-order chi connectivity index (χ1) is 15.1. The van der Waals surface area contributed by atoms with Crippen molar-refractivity contribution in [2.24, 2.45) is 5.41 Å².